The van der Waals surface area contributed by atoms with Crippen LogP contribution in [0, 0.1) is 0 Å². The topological polar surface area (TPSA) is 34.1 Å². The van der Waals surface area contributed by atoms with E-state index < -0.39 is 5.38 Å². The molecule has 19 heavy (non-hydrogen) atoms. The zero-order valence-electron chi connectivity index (χ0n) is 9.29. The number of benzene rings is 1. The zero-order valence-corrected chi connectivity index (χ0v) is 12.3. The molecule has 0 aliphatic heterocycles. The zero-order chi connectivity index (χ0) is 14.2. The second-order valence-electron chi connectivity index (χ2n) is 3.83. The first-order valence-electron chi connectivity index (χ1n) is 5.17. The van der Waals surface area contributed by atoms with Crippen LogP contribution in [0.25, 0.3) is 0 Å². The molecular formula is C13H6Cl4O2. The van der Waals surface area contributed by atoms with Gasteiger partial charge < -0.3 is 0 Å². The number of hydrogen-bond acceptors (Lipinski definition) is 2. The first-order chi connectivity index (χ1) is 8.91. The maximum absolute atomic E-state index is 11.7. The van der Waals surface area contributed by atoms with Crippen LogP contribution in [-0.2, 0) is 9.59 Å². The predicted octanol–water partition coefficient (Wildman–Crippen LogP) is 4.56. The van der Waals surface area contributed by atoms with Crippen LogP contribution in [0.5, 0.6) is 0 Å². The van der Waals surface area contributed by atoms with Crippen molar-refractivity contribution in [1.29, 1.82) is 0 Å². The van der Waals surface area contributed by atoms with Crippen LogP contribution in [-0.4, -0.2) is 11.6 Å². The Balaban J connectivity index is 2.46. The Bertz CT molecular complexity index is 632. The van der Waals surface area contributed by atoms with Crippen LogP contribution in [0.15, 0.2) is 35.9 Å². The second-order valence-corrected chi connectivity index (χ2v) is 5.43. The molecule has 0 bridgehead atoms. The smallest absolute Gasteiger partial charge is 0.183 e. The Hall–Kier alpha value is -0.800. The van der Waals surface area contributed by atoms with Crippen molar-refractivity contribution in [2.24, 2.45) is 0 Å². The summed E-state index contributed by atoms with van der Waals surface area (Å²) in [5.74, 6) is -0.627. The molecule has 0 saturated heterocycles. The Morgan fingerprint density at radius 1 is 0.947 bits per heavy atom. The first-order valence-corrected chi connectivity index (χ1v) is 6.74. The highest BCUT2D eigenvalue weighted by molar-refractivity contribution is 6.48. The molecule has 98 valence electrons. The summed E-state index contributed by atoms with van der Waals surface area (Å²) in [5.41, 5.74) is 0.592. The Kier molecular flexibility index (Phi) is 4.36. The first kappa shape index (κ1) is 14.6. The normalized spacial score (nSPS) is 16.5. The highest BCUT2D eigenvalue weighted by atomic mass is 35.5. The van der Waals surface area contributed by atoms with Crippen molar-refractivity contribution >= 4 is 58.0 Å². The van der Waals surface area contributed by atoms with Crippen LogP contribution >= 0.6 is 46.4 Å². The van der Waals surface area contributed by atoms with E-state index in [0.29, 0.717) is 10.6 Å². The van der Waals surface area contributed by atoms with Gasteiger partial charge in [-0.1, -0.05) is 40.9 Å². The number of rotatable bonds is 2. The maximum atomic E-state index is 11.7. The van der Waals surface area contributed by atoms with Gasteiger partial charge >= 0.3 is 0 Å². The summed E-state index contributed by atoms with van der Waals surface area (Å²) < 4.78 is 0. The van der Waals surface area contributed by atoms with Crippen molar-refractivity contribution in [2.75, 3.05) is 0 Å². The van der Waals surface area contributed by atoms with Crippen molar-refractivity contribution in [3.63, 3.8) is 0 Å². The molecule has 0 saturated carbocycles. The molecule has 2 rings (SSSR count). The molecule has 2 nitrogen and oxygen atoms in total. The Morgan fingerprint density at radius 2 is 1.63 bits per heavy atom. The van der Waals surface area contributed by atoms with Gasteiger partial charge in [0.25, 0.3) is 0 Å². The molecule has 0 fully saturated rings. The molecule has 1 aliphatic rings. The minimum atomic E-state index is -0.858. The lowest BCUT2D eigenvalue weighted by Gasteiger charge is -2.16. The third-order valence-electron chi connectivity index (χ3n) is 2.59. The van der Waals surface area contributed by atoms with Gasteiger partial charge in [-0.25, -0.2) is 0 Å². The van der Waals surface area contributed by atoms with Crippen LogP contribution < -0.4 is 0 Å². The highest BCUT2D eigenvalue weighted by Crippen LogP contribution is 2.40. The van der Waals surface area contributed by atoms with Gasteiger partial charge in [-0.2, -0.15) is 0 Å². The van der Waals surface area contributed by atoms with E-state index in [-0.39, 0.29) is 27.2 Å². The van der Waals surface area contributed by atoms with E-state index in [2.05, 4.69) is 0 Å². The molecule has 0 spiro atoms. The van der Waals surface area contributed by atoms with E-state index in [4.69, 9.17) is 46.4 Å². The lowest BCUT2D eigenvalue weighted by Crippen LogP contribution is -2.12. The minimum absolute atomic E-state index is 0.162. The lowest BCUT2D eigenvalue weighted by atomic mass is 9.96. The molecular weight excluding hydrogens is 330 g/mol. The van der Waals surface area contributed by atoms with Crippen LogP contribution in [0.3, 0.4) is 0 Å². The Labute approximate surface area is 129 Å². The predicted molar refractivity (Wildman–Crippen MR) is 77.3 cm³/mol. The van der Waals surface area contributed by atoms with E-state index in [0.717, 1.165) is 0 Å². The van der Waals surface area contributed by atoms with Gasteiger partial charge in [0.05, 0.1) is 20.4 Å². The molecule has 0 N–H and O–H groups in total. The standard InChI is InChI=1S/C13H6Cl4O2/c14-9-3-2-7(12(16)13(9)17)11(15)8-5-6(18)1-4-10(8)19/h1-5,11H. The number of alkyl halides is 1. The third-order valence-corrected chi connectivity index (χ3v) is 4.37. The molecule has 6 heteroatoms. The molecule has 0 radical (unpaired) electrons. The summed E-state index contributed by atoms with van der Waals surface area (Å²) in [6, 6.07) is 3.11. The molecule has 1 aromatic carbocycles. The monoisotopic (exact) mass is 334 g/mol. The molecule has 0 heterocycles. The Morgan fingerprint density at radius 3 is 2.32 bits per heavy atom. The number of halogens is 4. The summed E-state index contributed by atoms with van der Waals surface area (Å²) >= 11 is 24.0. The van der Waals surface area contributed by atoms with Crippen LogP contribution in [0.4, 0.5) is 0 Å². The SMILES string of the molecule is O=C1C=CC(=O)C(C(Cl)c2ccc(Cl)c(Cl)c2Cl)=C1. The number of allylic oxidation sites excluding steroid dienone is 4. The average molecular weight is 336 g/mol. The minimum Gasteiger partial charge on any atom is -0.290 e. The highest BCUT2D eigenvalue weighted by Gasteiger charge is 2.25. The fourth-order valence-electron chi connectivity index (χ4n) is 1.63. The largest absolute Gasteiger partial charge is 0.290 e. The van der Waals surface area contributed by atoms with Gasteiger partial charge in [0.2, 0.25) is 0 Å². The van der Waals surface area contributed by atoms with E-state index in [1.165, 1.54) is 24.3 Å². The van der Waals surface area contributed by atoms with Crippen LogP contribution in [0.2, 0.25) is 15.1 Å². The van der Waals surface area contributed by atoms with Gasteiger partial charge in [0.1, 0.15) is 0 Å². The number of carbonyl (C=O) groups is 2. The molecule has 1 aliphatic carbocycles. The molecule has 1 aromatic rings. The van der Waals surface area contributed by atoms with Crippen molar-refractivity contribution in [3.05, 3.63) is 56.6 Å². The van der Waals surface area contributed by atoms with Gasteiger partial charge in [-0.15, -0.1) is 11.6 Å². The van der Waals surface area contributed by atoms with Crippen molar-refractivity contribution in [1.82, 2.24) is 0 Å². The van der Waals surface area contributed by atoms with E-state index in [9.17, 15) is 9.59 Å². The van der Waals surface area contributed by atoms with E-state index in [1.54, 1.807) is 6.07 Å². The molecule has 1 atom stereocenters. The lowest BCUT2D eigenvalue weighted by molar-refractivity contribution is -0.114. The summed E-state index contributed by atoms with van der Waals surface area (Å²) in [5, 5.41) is -0.232. The molecule has 0 amide bonds. The summed E-state index contributed by atoms with van der Waals surface area (Å²) in [7, 11) is 0. The summed E-state index contributed by atoms with van der Waals surface area (Å²) in [6.45, 7) is 0. The molecule has 1 unspecified atom stereocenters. The van der Waals surface area contributed by atoms with Crippen molar-refractivity contribution < 1.29 is 9.59 Å². The fourth-order valence-corrected chi connectivity index (χ4v) is 2.69. The van der Waals surface area contributed by atoms with Gasteiger partial charge in [-0.05, 0) is 29.9 Å². The van der Waals surface area contributed by atoms with Crippen LogP contribution in [0.1, 0.15) is 10.9 Å². The van der Waals surface area contributed by atoms with E-state index in [1.807, 2.05) is 0 Å². The second kappa shape index (κ2) is 5.68. The average Bonchev–Trinajstić information content (AvgIpc) is 2.38. The van der Waals surface area contributed by atoms with Gasteiger partial charge in [0.15, 0.2) is 11.6 Å². The number of hydrogen-bond donors (Lipinski definition) is 0. The quantitative estimate of drug-likeness (QED) is 0.451. The van der Waals surface area contributed by atoms with Crippen molar-refractivity contribution in [2.45, 2.75) is 5.38 Å². The van der Waals surface area contributed by atoms with Crippen molar-refractivity contribution in [3.8, 4) is 0 Å². The van der Waals surface area contributed by atoms with E-state index >= 15 is 0 Å². The number of carbonyl (C=O) groups excluding carboxylic acids is 2. The van der Waals surface area contributed by atoms with Gasteiger partial charge in [-0.3, -0.25) is 9.59 Å². The summed E-state index contributed by atoms with van der Waals surface area (Å²) in [6.07, 6.45) is 3.56. The molecule has 0 aromatic heterocycles. The van der Waals surface area contributed by atoms with Gasteiger partial charge in [0, 0.05) is 5.57 Å². The third kappa shape index (κ3) is 2.87. The fraction of sp³-hybridized carbons (Fsp3) is 0.0769. The maximum Gasteiger partial charge on any atom is 0.183 e. The number of ketones is 2. The summed E-state index contributed by atoms with van der Waals surface area (Å²) in [4.78, 5) is 23.0.